The van der Waals surface area contributed by atoms with Crippen LogP contribution in [0.1, 0.15) is 0 Å². The summed E-state index contributed by atoms with van der Waals surface area (Å²) in [5.74, 6) is 0.435. The van der Waals surface area contributed by atoms with E-state index in [2.05, 4.69) is 11.9 Å². The number of morpholine rings is 1. The monoisotopic (exact) mass is 423 g/mol. The van der Waals surface area contributed by atoms with Gasteiger partial charge in [-0.05, 0) is 23.8 Å². The number of hydrogen-bond donors (Lipinski definition) is 1. The van der Waals surface area contributed by atoms with E-state index >= 15 is 0 Å². The molecule has 0 atom stereocenters. The second-order valence-electron chi connectivity index (χ2n) is 7.21. The number of ether oxygens (including phenoxy) is 1. The molecule has 7 nitrogen and oxygen atoms in total. The summed E-state index contributed by atoms with van der Waals surface area (Å²) >= 11 is 1.38. The number of rotatable bonds is 3. The van der Waals surface area contributed by atoms with Crippen molar-refractivity contribution >= 4 is 44.8 Å². The maximum absolute atomic E-state index is 12.7. The van der Waals surface area contributed by atoms with Gasteiger partial charge in [-0.3, -0.25) is 9.59 Å². The number of nitrogens with one attached hydrogen (secondary N) is 1. The lowest BCUT2D eigenvalue weighted by Crippen LogP contribution is -2.37. The van der Waals surface area contributed by atoms with Gasteiger partial charge in [-0.15, -0.1) is 11.3 Å². The average molecular weight is 423 g/mol. The van der Waals surface area contributed by atoms with Crippen LogP contribution in [0, 0.1) is 0 Å². The van der Waals surface area contributed by atoms with Gasteiger partial charge in [0, 0.05) is 43.2 Å². The summed E-state index contributed by atoms with van der Waals surface area (Å²) in [6.07, 6.45) is 1.33. The lowest BCUT2D eigenvalue weighted by molar-refractivity contribution is -0.114. The Morgan fingerprint density at radius 3 is 2.83 bits per heavy atom. The summed E-state index contributed by atoms with van der Waals surface area (Å²) in [6, 6.07) is 7.47. The zero-order valence-corrected chi connectivity index (χ0v) is 17.2. The first-order valence-corrected chi connectivity index (χ1v) is 10.7. The molecule has 0 unspecified atom stereocenters. The van der Waals surface area contributed by atoms with Crippen LogP contribution in [0.25, 0.3) is 21.4 Å². The predicted octanol–water partition coefficient (Wildman–Crippen LogP) is 3.30. The number of benzene rings is 1. The largest absolute Gasteiger partial charge is 0.439 e. The molecular formula is C22H21N3O4S. The van der Waals surface area contributed by atoms with E-state index in [1.807, 2.05) is 28.5 Å². The van der Waals surface area contributed by atoms with Crippen molar-refractivity contribution < 1.29 is 13.9 Å². The Kier molecular flexibility index (Phi) is 4.80. The molecule has 1 saturated heterocycles. The first-order chi connectivity index (χ1) is 14.7. The minimum atomic E-state index is -0.133. The molecule has 1 amide bonds. The molecule has 0 radical (unpaired) electrons. The number of hydrogen-bond acceptors (Lipinski definition) is 7. The zero-order valence-electron chi connectivity index (χ0n) is 16.3. The molecule has 4 heterocycles. The van der Waals surface area contributed by atoms with Crippen molar-refractivity contribution in [2.45, 2.75) is 0 Å². The summed E-state index contributed by atoms with van der Waals surface area (Å²) < 4.78 is 12.2. The summed E-state index contributed by atoms with van der Waals surface area (Å²) in [7, 11) is 0. The Balaban J connectivity index is 1.61. The third-order valence-corrected chi connectivity index (χ3v) is 6.42. The van der Waals surface area contributed by atoms with Gasteiger partial charge in [-0.2, -0.15) is 0 Å². The number of nitrogens with zero attached hydrogens (tertiary/aromatic N) is 2. The maximum atomic E-state index is 12.7. The van der Waals surface area contributed by atoms with Gasteiger partial charge in [0.25, 0.3) is 5.91 Å². The minimum Gasteiger partial charge on any atom is -0.439 e. The highest BCUT2D eigenvalue weighted by Gasteiger charge is 2.23. The van der Waals surface area contributed by atoms with Gasteiger partial charge in [-0.1, -0.05) is 12.6 Å². The third kappa shape index (κ3) is 3.18. The molecule has 154 valence electrons. The molecule has 30 heavy (non-hydrogen) atoms. The first-order valence-electron chi connectivity index (χ1n) is 9.86. The Hall–Kier alpha value is -3.10. The van der Waals surface area contributed by atoms with E-state index in [1.165, 1.54) is 17.4 Å². The van der Waals surface area contributed by atoms with E-state index in [0.717, 1.165) is 22.5 Å². The number of thiophene rings is 1. The van der Waals surface area contributed by atoms with E-state index in [9.17, 15) is 9.59 Å². The molecule has 1 N–H and O–H groups in total. The molecule has 0 saturated carbocycles. The normalized spacial score (nSPS) is 16.3. The molecule has 1 fully saturated rings. The second kappa shape index (κ2) is 7.62. The van der Waals surface area contributed by atoms with Crippen molar-refractivity contribution in [2.24, 2.45) is 0 Å². The number of fused-ring (bicyclic) bond motifs is 2. The highest BCUT2D eigenvalue weighted by molar-refractivity contribution is 7.17. The zero-order chi connectivity index (χ0) is 20.7. The molecule has 5 rings (SSSR count). The number of amides is 1. The Bertz CT molecular complexity index is 1190. The Labute approximate surface area is 177 Å². The lowest BCUT2D eigenvalue weighted by Gasteiger charge is -2.30. The quantitative estimate of drug-likeness (QED) is 0.652. The summed E-state index contributed by atoms with van der Waals surface area (Å²) in [5, 5.41) is 5.27. The summed E-state index contributed by atoms with van der Waals surface area (Å²) in [5.41, 5.74) is 3.98. The standard InChI is InChI=1S/C22H21N3O4S/c1-2-19(27)25-6-5-23-16-4-3-14(11-17(16)25)15-13-30-22-18(26)12-20(29-21(15)22)24-7-9-28-10-8-24/h2-4,11-13,23H,1,5-10H2. The van der Waals surface area contributed by atoms with Crippen LogP contribution in [0.4, 0.5) is 17.3 Å². The van der Waals surface area contributed by atoms with Crippen molar-refractivity contribution in [2.75, 3.05) is 54.5 Å². The van der Waals surface area contributed by atoms with Gasteiger partial charge in [0.05, 0.1) is 24.6 Å². The van der Waals surface area contributed by atoms with E-state index in [-0.39, 0.29) is 11.3 Å². The van der Waals surface area contributed by atoms with Crippen molar-refractivity contribution in [3.05, 3.63) is 52.5 Å². The lowest BCUT2D eigenvalue weighted by atomic mass is 10.0. The van der Waals surface area contributed by atoms with Gasteiger partial charge in [-0.25, -0.2) is 0 Å². The molecule has 0 aliphatic carbocycles. The van der Waals surface area contributed by atoms with Gasteiger partial charge >= 0.3 is 0 Å². The fourth-order valence-corrected chi connectivity index (χ4v) is 4.82. The highest BCUT2D eigenvalue weighted by Crippen LogP contribution is 2.39. The topological polar surface area (TPSA) is 75.0 Å². The van der Waals surface area contributed by atoms with Crippen LogP contribution in [0.5, 0.6) is 0 Å². The van der Waals surface area contributed by atoms with Crippen LogP contribution in [0.2, 0.25) is 0 Å². The van der Waals surface area contributed by atoms with Crippen LogP contribution >= 0.6 is 11.3 Å². The summed E-state index contributed by atoms with van der Waals surface area (Å²) in [6.45, 7) is 7.48. The smallest absolute Gasteiger partial charge is 0.250 e. The van der Waals surface area contributed by atoms with E-state index < -0.39 is 0 Å². The number of anilines is 3. The molecule has 0 bridgehead atoms. The van der Waals surface area contributed by atoms with Crippen molar-refractivity contribution in [3.63, 3.8) is 0 Å². The molecular weight excluding hydrogens is 402 g/mol. The fraction of sp³-hybridized carbons (Fsp3) is 0.273. The molecule has 0 spiro atoms. The van der Waals surface area contributed by atoms with Gasteiger partial charge < -0.3 is 24.3 Å². The van der Waals surface area contributed by atoms with Gasteiger partial charge in [0.2, 0.25) is 5.43 Å². The summed E-state index contributed by atoms with van der Waals surface area (Å²) in [4.78, 5) is 28.8. The van der Waals surface area contributed by atoms with Crippen LogP contribution in [0.3, 0.4) is 0 Å². The average Bonchev–Trinajstić information content (AvgIpc) is 3.23. The predicted molar refractivity (Wildman–Crippen MR) is 120 cm³/mol. The molecule has 8 heteroatoms. The van der Waals surface area contributed by atoms with Crippen molar-refractivity contribution in [1.29, 1.82) is 0 Å². The maximum Gasteiger partial charge on any atom is 0.250 e. The molecule has 3 aromatic rings. The molecule has 2 aromatic heterocycles. The van der Waals surface area contributed by atoms with E-state index in [0.29, 0.717) is 55.6 Å². The van der Waals surface area contributed by atoms with E-state index in [1.54, 1.807) is 11.0 Å². The Morgan fingerprint density at radius 2 is 2.03 bits per heavy atom. The highest BCUT2D eigenvalue weighted by atomic mass is 32.1. The van der Waals surface area contributed by atoms with Crippen molar-refractivity contribution in [3.8, 4) is 11.1 Å². The van der Waals surface area contributed by atoms with Gasteiger partial charge in [0.1, 0.15) is 4.70 Å². The third-order valence-electron chi connectivity index (χ3n) is 5.44. The second-order valence-corrected chi connectivity index (χ2v) is 8.09. The van der Waals surface area contributed by atoms with Crippen molar-refractivity contribution in [1.82, 2.24) is 0 Å². The number of carbonyl (C=O) groups is 1. The minimum absolute atomic E-state index is 0.0444. The molecule has 2 aliphatic heterocycles. The number of carbonyl (C=O) groups excluding carboxylic acids is 1. The molecule has 2 aliphatic rings. The first kappa shape index (κ1) is 18.9. The van der Waals surface area contributed by atoms with E-state index in [4.69, 9.17) is 9.15 Å². The van der Waals surface area contributed by atoms with Crippen LogP contribution in [-0.2, 0) is 9.53 Å². The SMILES string of the molecule is C=CC(=O)N1CCNc2ccc(-c3csc4c(=O)cc(N5CCOCC5)oc34)cc21. The van der Waals surface area contributed by atoms with Crippen LogP contribution < -0.4 is 20.5 Å². The van der Waals surface area contributed by atoms with Crippen LogP contribution in [0.15, 0.2) is 51.5 Å². The molecule has 1 aromatic carbocycles. The Morgan fingerprint density at radius 1 is 1.20 bits per heavy atom. The van der Waals surface area contributed by atoms with Crippen LogP contribution in [-0.4, -0.2) is 45.3 Å². The fourth-order valence-electron chi connectivity index (χ4n) is 3.90. The van der Waals surface area contributed by atoms with Gasteiger partial charge in [0.15, 0.2) is 11.5 Å².